The fourth-order valence-corrected chi connectivity index (χ4v) is 2.99. The minimum absolute atomic E-state index is 0.568. The Morgan fingerprint density at radius 3 is 2.60 bits per heavy atom. The zero-order valence-corrected chi connectivity index (χ0v) is 13.0. The highest BCUT2D eigenvalue weighted by atomic mass is 79.9. The zero-order valence-electron chi connectivity index (χ0n) is 11.4. The van der Waals surface area contributed by atoms with Crippen LogP contribution in [0.15, 0.2) is 16.7 Å². The van der Waals surface area contributed by atoms with Crippen molar-refractivity contribution in [3.63, 3.8) is 0 Å². The second-order valence-electron chi connectivity index (χ2n) is 4.66. The Labute approximate surface area is 125 Å². The Balaban J connectivity index is 2.26. The van der Waals surface area contributed by atoms with Crippen LogP contribution in [0.5, 0.6) is 11.5 Å². The lowest BCUT2D eigenvalue weighted by Gasteiger charge is -2.24. The predicted octanol–water partition coefficient (Wildman–Crippen LogP) is 2.77. The number of anilines is 1. The molecule has 2 aromatic rings. The molecule has 0 fully saturated rings. The summed E-state index contributed by atoms with van der Waals surface area (Å²) in [5.74, 6) is 2.23. The van der Waals surface area contributed by atoms with Crippen molar-refractivity contribution in [2.45, 2.75) is 13.3 Å². The van der Waals surface area contributed by atoms with E-state index in [0.717, 1.165) is 39.1 Å². The molecule has 6 heteroatoms. The molecule has 5 nitrogen and oxygen atoms in total. The number of ether oxygens (including phenoxy) is 2. The van der Waals surface area contributed by atoms with Gasteiger partial charge in [0.25, 0.3) is 0 Å². The average Bonchev–Trinajstić information content (AvgIpc) is 2.79. The van der Waals surface area contributed by atoms with Gasteiger partial charge in [0.2, 0.25) is 0 Å². The number of rotatable bonds is 2. The first-order valence-corrected chi connectivity index (χ1v) is 7.31. The summed E-state index contributed by atoms with van der Waals surface area (Å²) in [7, 11) is 1.83. The van der Waals surface area contributed by atoms with E-state index < -0.39 is 0 Å². The van der Waals surface area contributed by atoms with Crippen LogP contribution in [-0.2, 0) is 13.5 Å². The highest BCUT2D eigenvalue weighted by Gasteiger charge is 2.24. The first-order valence-electron chi connectivity index (χ1n) is 6.52. The third kappa shape index (κ3) is 1.95. The Morgan fingerprint density at radius 2 is 2.00 bits per heavy atom. The van der Waals surface area contributed by atoms with Crippen LogP contribution in [0.1, 0.15) is 12.5 Å². The molecule has 20 heavy (non-hydrogen) atoms. The molecular weight excluding hydrogens is 322 g/mol. The maximum absolute atomic E-state index is 6.10. The molecular formula is C14H16BrN3O2. The van der Waals surface area contributed by atoms with Gasteiger partial charge in [-0.05, 0) is 34.0 Å². The minimum Gasteiger partial charge on any atom is -0.486 e. The molecule has 1 aromatic carbocycles. The molecule has 2 heterocycles. The number of aromatic nitrogens is 2. The number of aryl methyl sites for hydroxylation is 1. The summed E-state index contributed by atoms with van der Waals surface area (Å²) < 4.78 is 14.1. The number of nitrogens with zero attached hydrogens (tertiary/aromatic N) is 2. The Hall–Kier alpha value is -1.69. The number of benzene rings is 1. The van der Waals surface area contributed by atoms with Crippen LogP contribution < -0.4 is 15.2 Å². The topological polar surface area (TPSA) is 62.3 Å². The van der Waals surface area contributed by atoms with Crippen molar-refractivity contribution in [3.05, 3.63) is 22.3 Å². The number of halogens is 1. The van der Waals surface area contributed by atoms with Crippen LogP contribution >= 0.6 is 15.9 Å². The average molecular weight is 338 g/mol. The van der Waals surface area contributed by atoms with Crippen molar-refractivity contribution < 1.29 is 9.47 Å². The van der Waals surface area contributed by atoms with Gasteiger partial charge in [0.1, 0.15) is 19.0 Å². The second-order valence-corrected chi connectivity index (χ2v) is 5.51. The Kier molecular flexibility index (Phi) is 3.33. The van der Waals surface area contributed by atoms with Gasteiger partial charge in [-0.3, -0.25) is 4.68 Å². The summed E-state index contributed by atoms with van der Waals surface area (Å²) in [5, 5.41) is 4.21. The summed E-state index contributed by atoms with van der Waals surface area (Å²) in [4.78, 5) is 0. The van der Waals surface area contributed by atoms with Crippen molar-refractivity contribution in [1.82, 2.24) is 9.78 Å². The number of hydrogen-bond acceptors (Lipinski definition) is 4. The van der Waals surface area contributed by atoms with E-state index >= 15 is 0 Å². The molecule has 0 unspecified atom stereocenters. The van der Waals surface area contributed by atoms with E-state index in [1.54, 1.807) is 10.9 Å². The van der Waals surface area contributed by atoms with Crippen LogP contribution in [0.2, 0.25) is 0 Å². The molecule has 1 aliphatic heterocycles. The van der Waals surface area contributed by atoms with E-state index in [1.807, 2.05) is 13.1 Å². The van der Waals surface area contributed by atoms with E-state index in [-0.39, 0.29) is 0 Å². The molecule has 0 amide bonds. The van der Waals surface area contributed by atoms with Crippen LogP contribution in [0.25, 0.3) is 11.1 Å². The summed E-state index contributed by atoms with van der Waals surface area (Å²) in [6.07, 6.45) is 2.62. The van der Waals surface area contributed by atoms with Gasteiger partial charge in [-0.2, -0.15) is 5.10 Å². The highest BCUT2D eigenvalue weighted by Crippen LogP contribution is 2.46. The second kappa shape index (κ2) is 5.01. The largest absolute Gasteiger partial charge is 0.486 e. The normalized spacial score (nSPS) is 13.6. The number of hydrogen-bond donors (Lipinski definition) is 1. The van der Waals surface area contributed by atoms with Gasteiger partial charge in [-0.25, -0.2) is 0 Å². The van der Waals surface area contributed by atoms with E-state index in [2.05, 4.69) is 28.0 Å². The van der Waals surface area contributed by atoms with Gasteiger partial charge in [0.05, 0.1) is 10.7 Å². The van der Waals surface area contributed by atoms with Gasteiger partial charge < -0.3 is 15.2 Å². The zero-order chi connectivity index (χ0) is 14.3. The maximum atomic E-state index is 6.10. The standard InChI is InChI=1S/C14H16BrN3O2/c1-3-8-9(10-7-17-18(2)14(10)16)6-11(15)13-12(8)19-4-5-20-13/h6-7H,3-5,16H2,1-2H3. The molecule has 106 valence electrons. The first kappa shape index (κ1) is 13.3. The lowest BCUT2D eigenvalue weighted by Crippen LogP contribution is -2.17. The Bertz CT molecular complexity index is 667. The lowest BCUT2D eigenvalue weighted by molar-refractivity contribution is 0.169. The third-order valence-electron chi connectivity index (χ3n) is 3.50. The highest BCUT2D eigenvalue weighted by molar-refractivity contribution is 9.10. The summed E-state index contributed by atoms with van der Waals surface area (Å²) in [6, 6.07) is 2.03. The molecule has 0 spiro atoms. The first-order chi connectivity index (χ1) is 9.63. The fourth-order valence-electron chi connectivity index (χ4n) is 2.47. The van der Waals surface area contributed by atoms with Crippen molar-refractivity contribution >= 4 is 21.7 Å². The van der Waals surface area contributed by atoms with Crippen molar-refractivity contribution in [3.8, 4) is 22.6 Å². The van der Waals surface area contributed by atoms with Crippen LogP contribution in [0.4, 0.5) is 5.82 Å². The molecule has 3 rings (SSSR count). The van der Waals surface area contributed by atoms with Crippen LogP contribution in [0, 0.1) is 0 Å². The summed E-state index contributed by atoms with van der Waals surface area (Å²) in [5.41, 5.74) is 9.15. The summed E-state index contributed by atoms with van der Waals surface area (Å²) in [6.45, 7) is 3.24. The van der Waals surface area contributed by atoms with E-state index in [1.165, 1.54) is 0 Å². The van der Waals surface area contributed by atoms with E-state index in [9.17, 15) is 0 Å². The van der Waals surface area contributed by atoms with E-state index in [4.69, 9.17) is 15.2 Å². The SMILES string of the molecule is CCc1c(-c2cnn(C)c2N)cc(Br)c2c1OCCO2. The van der Waals surface area contributed by atoms with Crippen molar-refractivity contribution in [1.29, 1.82) is 0 Å². The molecule has 0 aliphatic carbocycles. The Morgan fingerprint density at radius 1 is 1.30 bits per heavy atom. The molecule has 0 saturated carbocycles. The van der Waals surface area contributed by atoms with E-state index in [0.29, 0.717) is 19.0 Å². The van der Waals surface area contributed by atoms with Crippen LogP contribution in [-0.4, -0.2) is 23.0 Å². The summed E-state index contributed by atoms with van der Waals surface area (Å²) >= 11 is 3.55. The molecule has 0 radical (unpaired) electrons. The minimum atomic E-state index is 0.568. The molecule has 0 bridgehead atoms. The number of nitrogens with two attached hydrogens (primary N) is 1. The van der Waals surface area contributed by atoms with Gasteiger partial charge >= 0.3 is 0 Å². The third-order valence-corrected chi connectivity index (χ3v) is 4.09. The molecule has 1 aromatic heterocycles. The smallest absolute Gasteiger partial charge is 0.175 e. The monoisotopic (exact) mass is 337 g/mol. The number of nitrogen functional groups attached to an aromatic ring is 1. The lowest BCUT2D eigenvalue weighted by atomic mass is 9.98. The number of fused-ring (bicyclic) bond motifs is 1. The van der Waals surface area contributed by atoms with Gasteiger partial charge in [-0.1, -0.05) is 6.92 Å². The molecule has 2 N–H and O–H groups in total. The van der Waals surface area contributed by atoms with Gasteiger partial charge in [0.15, 0.2) is 11.5 Å². The molecule has 0 saturated heterocycles. The quantitative estimate of drug-likeness (QED) is 0.915. The van der Waals surface area contributed by atoms with Gasteiger partial charge in [-0.15, -0.1) is 0 Å². The molecule has 1 aliphatic rings. The van der Waals surface area contributed by atoms with Gasteiger partial charge in [0, 0.05) is 18.2 Å². The van der Waals surface area contributed by atoms with Crippen LogP contribution in [0.3, 0.4) is 0 Å². The predicted molar refractivity (Wildman–Crippen MR) is 81.1 cm³/mol. The molecule has 0 atom stereocenters. The van der Waals surface area contributed by atoms with Crippen molar-refractivity contribution in [2.75, 3.05) is 18.9 Å². The maximum Gasteiger partial charge on any atom is 0.175 e. The van der Waals surface area contributed by atoms with Crippen molar-refractivity contribution in [2.24, 2.45) is 7.05 Å². The fraction of sp³-hybridized carbons (Fsp3) is 0.357.